The van der Waals surface area contributed by atoms with Gasteiger partial charge in [-0.25, -0.2) is 0 Å². The van der Waals surface area contributed by atoms with Crippen LogP contribution < -0.4 is 5.32 Å². The minimum absolute atomic E-state index is 0.136. The monoisotopic (exact) mass is 342 g/mol. The third-order valence-corrected chi connectivity index (χ3v) is 4.63. The number of hydrogen-bond donors (Lipinski definition) is 1. The normalized spacial score (nSPS) is 10.9. The summed E-state index contributed by atoms with van der Waals surface area (Å²) in [5.74, 6) is -0.136. The predicted molar refractivity (Wildman–Crippen MR) is 90.5 cm³/mol. The summed E-state index contributed by atoms with van der Waals surface area (Å²) in [4.78, 5) is 15.3. The number of nitrogens with zero attached hydrogens (tertiary/aromatic N) is 1. The van der Waals surface area contributed by atoms with E-state index in [0.717, 1.165) is 12.1 Å². The summed E-state index contributed by atoms with van der Waals surface area (Å²) in [5.41, 5.74) is 1.36. The van der Waals surface area contributed by atoms with E-state index < -0.39 is 0 Å². The molecule has 0 saturated heterocycles. The van der Waals surface area contributed by atoms with Gasteiger partial charge in [0.15, 0.2) is 0 Å². The van der Waals surface area contributed by atoms with Crippen LogP contribution in [0.1, 0.15) is 10.4 Å². The van der Waals surface area contributed by atoms with Crippen LogP contribution in [-0.4, -0.2) is 24.4 Å². The number of halogens is 2. The van der Waals surface area contributed by atoms with E-state index in [-0.39, 0.29) is 12.5 Å². The van der Waals surface area contributed by atoms with E-state index >= 15 is 0 Å². The minimum atomic E-state index is -0.136. The van der Waals surface area contributed by atoms with Gasteiger partial charge in [-0.3, -0.25) is 9.69 Å². The molecule has 0 saturated carbocycles. The Hall–Kier alpha value is -1.07. The molecule has 1 aromatic carbocycles. The van der Waals surface area contributed by atoms with Crippen LogP contribution in [0.25, 0.3) is 0 Å². The average molecular weight is 343 g/mol. The number of rotatable bonds is 5. The van der Waals surface area contributed by atoms with Crippen LogP contribution in [0.3, 0.4) is 0 Å². The highest BCUT2D eigenvalue weighted by atomic mass is 35.5. The Morgan fingerprint density at radius 3 is 2.76 bits per heavy atom. The number of aryl methyl sites for hydroxylation is 1. The van der Waals surface area contributed by atoms with Crippen LogP contribution in [0.15, 0.2) is 29.6 Å². The van der Waals surface area contributed by atoms with Crippen LogP contribution in [0.5, 0.6) is 0 Å². The Morgan fingerprint density at radius 2 is 2.10 bits per heavy atom. The van der Waals surface area contributed by atoms with Gasteiger partial charge < -0.3 is 5.32 Å². The predicted octanol–water partition coefficient (Wildman–Crippen LogP) is 4.43. The van der Waals surface area contributed by atoms with Crippen molar-refractivity contribution in [1.29, 1.82) is 0 Å². The van der Waals surface area contributed by atoms with Crippen molar-refractivity contribution in [2.24, 2.45) is 0 Å². The maximum atomic E-state index is 12.1. The van der Waals surface area contributed by atoms with Gasteiger partial charge in [-0.2, -0.15) is 0 Å². The summed E-state index contributed by atoms with van der Waals surface area (Å²) in [6, 6.07) is 7.60. The smallest absolute Gasteiger partial charge is 0.238 e. The first kappa shape index (κ1) is 16.3. The van der Waals surface area contributed by atoms with Gasteiger partial charge in [0.1, 0.15) is 0 Å². The molecular formula is C15H16Cl2N2OS. The fourth-order valence-electron chi connectivity index (χ4n) is 1.92. The molecule has 2 aromatic rings. The highest BCUT2D eigenvalue weighted by Gasteiger charge is 2.13. The van der Waals surface area contributed by atoms with Crippen molar-refractivity contribution in [2.75, 3.05) is 18.9 Å². The van der Waals surface area contributed by atoms with Crippen molar-refractivity contribution in [3.8, 4) is 0 Å². The molecule has 1 heterocycles. The number of carbonyl (C=O) groups excluding carboxylic acids is 1. The highest BCUT2D eigenvalue weighted by molar-refractivity contribution is 7.09. The van der Waals surface area contributed by atoms with E-state index in [4.69, 9.17) is 23.2 Å². The quantitative estimate of drug-likeness (QED) is 0.871. The van der Waals surface area contributed by atoms with Crippen LogP contribution in [0.2, 0.25) is 10.0 Å². The Labute approximate surface area is 138 Å². The maximum absolute atomic E-state index is 12.1. The molecule has 0 aliphatic heterocycles. The van der Waals surface area contributed by atoms with Gasteiger partial charge in [0, 0.05) is 11.4 Å². The highest BCUT2D eigenvalue weighted by Crippen LogP contribution is 2.32. The second kappa shape index (κ2) is 7.27. The first-order valence-electron chi connectivity index (χ1n) is 6.42. The first-order chi connectivity index (χ1) is 9.97. The van der Waals surface area contributed by atoms with E-state index in [9.17, 15) is 4.79 Å². The molecule has 0 unspecified atom stereocenters. The number of amides is 1. The molecule has 1 amide bonds. The molecule has 0 aliphatic rings. The Morgan fingerprint density at radius 1 is 1.33 bits per heavy atom. The van der Waals surface area contributed by atoms with Crippen LogP contribution in [0, 0.1) is 6.92 Å². The number of benzene rings is 1. The van der Waals surface area contributed by atoms with Gasteiger partial charge in [-0.1, -0.05) is 35.3 Å². The molecule has 0 spiro atoms. The lowest BCUT2D eigenvalue weighted by molar-refractivity contribution is -0.117. The molecule has 1 N–H and O–H groups in total. The molecule has 1 aromatic heterocycles. The maximum Gasteiger partial charge on any atom is 0.238 e. The van der Waals surface area contributed by atoms with Gasteiger partial charge in [-0.15, -0.1) is 11.3 Å². The molecule has 0 aliphatic carbocycles. The first-order valence-corrected chi connectivity index (χ1v) is 8.06. The van der Waals surface area contributed by atoms with Gasteiger partial charge in [0.05, 0.1) is 22.3 Å². The van der Waals surface area contributed by atoms with Crippen molar-refractivity contribution >= 4 is 46.1 Å². The molecular weight excluding hydrogens is 327 g/mol. The molecule has 112 valence electrons. The molecule has 6 heteroatoms. The van der Waals surface area contributed by atoms with Crippen molar-refractivity contribution in [2.45, 2.75) is 13.5 Å². The Kier molecular flexibility index (Phi) is 5.65. The second-order valence-electron chi connectivity index (χ2n) is 4.85. The lowest BCUT2D eigenvalue weighted by Crippen LogP contribution is -2.29. The van der Waals surface area contributed by atoms with Gasteiger partial charge in [0.2, 0.25) is 5.91 Å². The summed E-state index contributed by atoms with van der Waals surface area (Å²) in [6.07, 6.45) is 0. The van der Waals surface area contributed by atoms with Crippen LogP contribution >= 0.6 is 34.5 Å². The van der Waals surface area contributed by atoms with Gasteiger partial charge in [0.25, 0.3) is 0 Å². The summed E-state index contributed by atoms with van der Waals surface area (Å²) in [5, 5.41) is 5.74. The molecule has 0 fully saturated rings. The largest absolute Gasteiger partial charge is 0.322 e. The van der Waals surface area contributed by atoms with E-state index in [1.54, 1.807) is 17.4 Å². The molecule has 0 atom stereocenters. The van der Waals surface area contributed by atoms with E-state index in [2.05, 4.69) is 5.32 Å². The molecule has 3 nitrogen and oxygen atoms in total. The van der Waals surface area contributed by atoms with E-state index in [1.807, 2.05) is 42.5 Å². The number of anilines is 1. The number of nitrogens with one attached hydrogen (secondary N) is 1. The van der Waals surface area contributed by atoms with Crippen molar-refractivity contribution in [1.82, 2.24) is 4.90 Å². The summed E-state index contributed by atoms with van der Waals surface area (Å²) in [7, 11) is 1.90. The zero-order valence-electron chi connectivity index (χ0n) is 11.8. The SMILES string of the molecule is Cc1ccc(Cl)c(NC(=O)CN(C)Cc2cccs2)c1Cl. The number of thiophene rings is 1. The standard InChI is InChI=1S/C15H16Cl2N2OS/c1-10-5-6-12(16)15(14(10)17)18-13(20)9-19(2)8-11-4-3-7-21-11/h3-7H,8-9H2,1-2H3,(H,18,20). The van der Waals surface area contributed by atoms with Crippen molar-refractivity contribution in [3.05, 3.63) is 50.1 Å². The van der Waals surface area contributed by atoms with E-state index in [0.29, 0.717) is 15.7 Å². The topological polar surface area (TPSA) is 32.3 Å². The molecule has 0 bridgehead atoms. The second-order valence-corrected chi connectivity index (χ2v) is 6.67. The van der Waals surface area contributed by atoms with Crippen LogP contribution in [0.4, 0.5) is 5.69 Å². The zero-order valence-corrected chi connectivity index (χ0v) is 14.1. The Balaban J connectivity index is 1.97. The van der Waals surface area contributed by atoms with E-state index in [1.165, 1.54) is 4.88 Å². The zero-order chi connectivity index (χ0) is 15.4. The molecule has 2 rings (SSSR count). The summed E-state index contributed by atoms with van der Waals surface area (Å²) < 4.78 is 0. The fraction of sp³-hybridized carbons (Fsp3) is 0.267. The fourth-order valence-corrected chi connectivity index (χ4v) is 3.17. The molecule has 21 heavy (non-hydrogen) atoms. The van der Waals surface area contributed by atoms with Crippen molar-refractivity contribution in [3.63, 3.8) is 0 Å². The average Bonchev–Trinajstić information content (AvgIpc) is 2.92. The minimum Gasteiger partial charge on any atom is -0.322 e. The molecule has 0 radical (unpaired) electrons. The van der Waals surface area contributed by atoms with Crippen LogP contribution in [-0.2, 0) is 11.3 Å². The lowest BCUT2D eigenvalue weighted by Gasteiger charge is -2.16. The lowest BCUT2D eigenvalue weighted by atomic mass is 10.2. The third-order valence-electron chi connectivity index (χ3n) is 2.97. The number of hydrogen-bond acceptors (Lipinski definition) is 3. The number of carbonyl (C=O) groups is 1. The number of likely N-dealkylation sites (N-methyl/N-ethyl adjacent to an activating group) is 1. The van der Waals surface area contributed by atoms with Gasteiger partial charge in [-0.05, 0) is 37.0 Å². The Bertz CT molecular complexity index is 629. The summed E-state index contributed by atoms with van der Waals surface area (Å²) >= 11 is 13.9. The summed E-state index contributed by atoms with van der Waals surface area (Å²) in [6.45, 7) is 2.89. The van der Waals surface area contributed by atoms with Crippen molar-refractivity contribution < 1.29 is 4.79 Å². The van der Waals surface area contributed by atoms with Gasteiger partial charge >= 0.3 is 0 Å². The third kappa shape index (κ3) is 4.45.